The summed E-state index contributed by atoms with van der Waals surface area (Å²) in [6.07, 6.45) is -1.03. The number of benzene rings is 2. The molecule has 1 amide bonds. The highest BCUT2D eigenvalue weighted by Crippen LogP contribution is 2.29. The van der Waals surface area contributed by atoms with Gasteiger partial charge in [0.15, 0.2) is 5.11 Å². The summed E-state index contributed by atoms with van der Waals surface area (Å²) in [7, 11) is -3.80. The van der Waals surface area contributed by atoms with Crippen molar-refractivity contribution in [2.75, 3.05) is 5.32 Å². The zero-order valence-corrected chi connectivity index (χ0v) is 18.6. The number of hydrogen-bond acceptors (Lipinski definition) is 4. The Bertz CT molecular complexity index is 966. The SMILES string of the molecule is NS(=O)(=O)c1ccc(NC(=S)N[C@@H](NC(=O)Cc2ccccc2)C(Cl)(Cl)Cl)cc1. The quantitative estimate of drug-likeness (QED) is 0.278. The summed E-state index contributed by atoms with van der Waals surface area (Å²) < 4.78 is 20.7. The van der Waals surface area contributed by atoms with Crippen LogP contribution in [0, 0.1) is 0 Å². The van der Waals surface area contributed by atoms with Crippen LogP contribution in [0.3, 0.4) is 0 Å². The van der Waals surface area contributed by atoms with E-state index < -0.39 is 20.0 Å². The molecule has 0 heterocycles. The van der Waals surface area contributed by atoms with Gasteiger partial charge in [-0.1, -0.05) is 65.1 Å². The van der Waals surface area contributed by atoms with Gasteiger partial charge in [-0.25, -0.2) is 13.6 Å². The molecule has 5 N–H and O–H groups in total. The lowest BCUT2D eigenvalue weighted by Crippen LogP contribution is -2.56. The van der Waals surface area contributed by atoms with Crippen LogP contribution in [0.2, 0.25) is 0 Å². The lowest BCUT2D eigenvalue weighted by molar-refractivity contribution is -0.121. The number of nitrogens with one attached hydrogen (secondary N) is 3. The Morgan fingerprint density at radius 2 is 1.62 bits per heavy atom. The van der Waals surface area contributed by atoms with E-state index in [4.69, 9.17) is 52.2 Å². The molecule has 0 aliphatic heterocycles. The molecule has 2 rings (SSSR count). The van der Waals surface area contributed by atoms with Gasteiger partial charge in [-0.05, 0) is 42.0 Å². The average Bonchev–Trinajstić information content (AvgIpc) is 2.61. The Morgan fingerprint density at radius 3 is 2.14 bits per heavy atom. The largest absolute Gasteiger partial charge is 0.339 e. The summed E-state index contributed by atoms with van der Waals surface area (Å²) in [4.78, 5) is 12.2. The summed E-state index contributed by atoms with van der Waals surface area (Å²) in [6, 6.07) is 14.6. The van der Waals surface area contributed by atoms with Crippen molar-refractivity contribution in [1.82, 2.24) is 10.6 Å². The van der Waals surface area contributed by atoms with Crippen molar-refractivity contribution in [3.63, 3.8) is 0 Å². The number of alkyl halides is 3. The van der Waals surface area contributed by atoms with Crippen LogP contribution in [0.25, 0.3) is 0 Å². The first-order chi connectivity index (χ1) is 13.4. The van der Waals surface area contributed by atoms with Gasteiger partial charge in [0.1, 0.15) is 6.17 Å². The van der Waals surface area contributed by atoms with Crippen LogP contribution in [-0.2, 0) is 21.2 Å². The van der Waals surface area contributed by atoms with Crippen LogP contribution in [0.1, 0.15) is 5.56 Å². The van der Waals surface area contributed by atoms with Gasteiger partial charge in [-0.3, -0.25) is 4.79 Å². The molecule has 0 unspecified atom stereocenters. The van der Waals surface area contributed by atoms with Gasteiger partial charge in [0, 0.05) is 5.69 Å². The van der Waals surface area contributed by atoms with Crippen LogP contribution in [0.15, 0.2) is 59.5 Å². The molecule has 0 saturated carbocycles. The number of thiocarbonyl (C=S) groups is 1. The molecule has 156 valence electrons. The number of carbonyl (C=O) groups excluding carboxylic acids is 1. The van der Waals surface area contributed by atoms with Gasteiger partial charge in [0.05, 0.1) is 11.3 Å². The Morgan fingerprint density at radius 1 is 1.03 bits per heavy atom. The highest BCUT2D eigenvalue weighted by molar-refractivity contribution is 7.89. The van der Waals surface area contributed by atoms with Crippen molar-refractivity contribution >= 4 is 73.8 Å². The topological polar surface area (TPSA) is 113 Å². The minimum atomic E-state index is -3.80. The molecule has 2 aromatic rings. The second-order valence-corrected chi connectivity index (χ2v) is 10.2. The fraction of sp³-hybridized carbons (Fsp3) is 0.176. The normalized spacial score (nSPS) is 12.7. The lowest BCUT2D eigenvalue weighted by Gasteiger charge is -2.27. The summed E-state index contributed by atoms with van der Waals surface area (Å²) in [6.45, 7) is 0. The minimum absolute atomic E-state index is 0.0460. The van der Waals surface area contributed by atoms with Crippen LogP contribution in [0.4, 0.5) is 5.69 Å². The number of anilines is 1. The zero-order valence-electron chi connectivity index (χ0n) is 14.7. The third-order valence-corrected chi connectivity index (χ3v) is 5.36. The van der Waals surface area contributed by atoms with Crippen LogP contribution in [-0.4, -0.2) is 29.4 Å². The van der Waals surface area contributed by atoms with E-state index in [0.717, 1.165) is 5.56 Å². The predicted octanol–water partition coefficient (Wildman–Crippen LogP) is 2.68. The number of rotatable bonds is 6. The standard InChI is InChI=1S/C17H17Cl3N4O3S2/c18-17(19,20)15(23-14(25)10-11-4-2-1-3-5-11)24-16(28)22-12-6-8-13(9-7-12)29(21,26)27/h1-9,15H,10H2,(H,23,25)(H2,21,26,27)(H2,22,24,28)/t15-/m1/s1. The second kappa shape index (κ2) is 9.92. The molecule has 0 bridgehead atoms. The second-order valence-electron chi connectivity index (χ2n) is 5.87. The van der Waals surface area contributed by atoms with E-state index in [1.54, 1.807) is 12.1 Å². The Hall–Kier alpha value is -1.62. The molecular formula is C17H17Cl3N4O3S2. The number of carbonyl (C=O) groups is 1. The van der Waals surface area contributed by atoms with Crippen molar-refractivity contribution in [3.05, 3.63) is 60.2 Å². The third-order valence-electron chi connectivity index (χ3n) is 3.56. The first kappa shape index (κ1) is 23.7. The van der Waals surface area contributed by atoms with Gasteiger partial charge in [-0.15, -0.1) is 0 Å². The van der Waals surface area contributed by atoms with E-state index in [1.165, 1.54) is 24.3 Å². The fourth-order valence-electron chi connectivity index (χ4n) is 2.22. The number of nitrogens with two attached hydrogens (primary N) is 1. The van der Waals surface area contributed by atoms with Gasteiger partial charge >= 0.3 is 0 Å². The first-order valence-electron chi connectivity index (χ1n) is 8.05. The Kier molecular flexibility index (Phi) is 8.10. The molecular weight excluding hydrogens is 479 g/mol. The van der Waals surface area contributed by atoms with E-state index in [9.17, 15) is 13.2 Å². The van der Waals surface area contributed by atoms with E-state index in [1.807, 2.05) is 18.2 Å². The van der Waals surface area contributed by atoms with E-state index in [2.05, 4.69) is 16.0 Å². The van der Waals surface area contributed by atoms with Crippen LogP contribution in [0.5, 0.6) is 0 Å². The lowest BCUT2D eigenvalue weighted by atomic mass is 10.1. The summed E-state index contributed by atoms with van der Waals surface area (Å²) in [5.74, 6) is -0.375. The molecule has 0 radical (unpaired) electrons. The van der Waals surface area contributed by atoms with Crippen molar-refractivity contribution in [2.45, 2.75) is 21.3 Å². The summed E-state index contributed by atoms with van der Waals surface area (Å²) >= 11 is 23.0. The highest BCUT2D eigenvalue weighted by atomic mass is 35.6. The molecule has 0 aliphatic rings. The average molecular weight is 496 g/mol. The van der Waals surface area contributed by atoms with Gasteiger partial charge in [0.2, 0.25) is 19.7 Å². The Labute approximate surface area is 188 Å². The van der Waals surface area contributed by atoms with E-state index in [-0.39, 0.29) is 22.3 Å². The van der Waals surface area contributed by atoms with Crippen LogP contribution < -0.4 is 21.1 Å². The zero-order chi connectivity index (χ0) is 21.7. The van der Waals surface area contributed by atoms with E-state index >= 15 is 0 Å². The Balaban J connectivity index is 2.00. The number of amides is 1. The molecule has 1 atom stereocenters. The van der Waals surface area contributed by atoms with Crippen LogP contribution >= 0.6 is 47.0 Å². The molecule has 0 aliphatic carbocycles. The molecule has 12 heteroatoms. The highest BCUT2D eigenvalue weighted by Gasteiger charge is 2.34. The molecule has 7 nitrogen and oxygen atoms in total. The molecule has 0 aromatic heterocycles. The summed E-state index contributed by atoms with van der Waals surface area (Å²) in [5, 5.41) is 13.2. The minimum Gasteiger partial charge on any atom is -0.339 e. The maximum Gasteiger partial charge on any atom is 0.238 e. The number of sulfonamides is 1. The molecule has 2 aromatic carbocycles. The molecule has 0 spiro atoms. The smallest absolute Gasteiger partial charge is 0.238 e. The van der Waals surface area contributed by atoms with Gasteiger partial charge < -0.3 is 16.0 Å². The molecule has 29 heavy (non-hydrogen) atoms. The predicted molar refractivity (Wildman–Crippen MR) is 120 cm³/mol. The fourth-order valence-corrected chi connectivity index (χ4v) is 3.30. The monoisotopic (exact) mass is 494 g/mol. The maximum atomic E-state index is 12.3. The molecule has 0 saturated heterocycles. The van der Waals surface area contributed by atoms with Gasteiger partial charge in [0.25, 0.3) is 0 Å². The van der Waals surface area contributed by atoms with Crippen molar-refractivity contribution in [1.29, 1.82) is 0 Å². The third kappa shape index (κ3) is 7.96. The number of primary sulfonamides is 1. The van der Waals surface area contributed by atoms with E-state index in [0.29, 0.717) is 5.69 Å². The van der Waals surface area contributed by atoms with Crippen molar-refractivity contribution in [2.24, 2.45) is 5.14 Å². The first-order valence-corrected chi connectivity index (χ1v) is 11.1. The summed E-state index contributed by atoms with van der Waals surface area (Å²) in [5.41, 5.74) is 1.26. The van der Waals surface area contributed by atoms with Gasteiger partial charge in [-0.2, -0.15) is 0 Å². The number of hydrogen-bond donors (Lipinski definition) is 4. The number of halogens is 3. The maximum absolute atomic E-state index is 12.3. The van der Waals surface area contributed by atoms with Crippen molar-refractivity contribution in [3.8, 4) is 0 Å². The molecule has 0 fully saturated rings. The van der Waals surface area contributed by atoms with Crippen molar-refractivity contribution < 1.29 is 13.2 Å².